The minimum absolute atomic E-state index is 0.0942. The van der Waals surface area contributed by atoms with Crippen LogP contribution in [0.4, 0.5) is 0 Å². The third kappa shape index (κ3) is 2.30. The second kappa shape index (κ2) is 5.02. The molecule has 0 aromatic carbocycles. The van der Waals surface area contributed by atoms with Crippen LogP contribution in [0.3, 0.4) is 0 Å². The fourth-order valence-electron chi connectivity index (χ4n) is 2.83. The number of furan rings is 1. The van der Waals surface area contributed by atoms with E-state index in [1.54, 1.807) is 6.26 Å². The predicted molar refractivity (Wildman–Crippen MR) is 65.1 cm³/mol. The summed E-state index contributed by atoms with van der Waals surface area (Å²) in [6.45, 7) is 2.05. The Labute approximate surface area is 97.6 Å². The van der Waals surface area contributed by atoms with Gasteiger partial charge in [0.05, 0.1) is 12.3 Å². The van der Waals surface area contributed by atoms with Crippen molar-refractivity contribution in [1.29, 1.82) is 0 Å². The molecule has 3 heteroatoms. The largest absolute Gasteiger partial charge is 0.468 e. The van der Waals surface area contributed by atoms with Crippen molar-refractivity contribution < 1.29 is 4.42 Å². The molecule has 0 saturated heterocycles. The highest BCUT2D eigenvalue weighted by Crippen LogP contribution is 2.31. The Morgan fingerprint density at radius 3 is 2.62 bits per heavy atom. The first kappa shape index (κ1) is 11.7. The van der Waals surface area contributed by atoms with Gasteiger partial charge in [-0.1, -0.05) is 12.8 Å². The summed E-state index contributed by atoms with van der Waals surface area (Å²) in [7, 11) is 2.17. The number of nitrogens with zero attached hydrogens (tertiary/aromatic N) is 1. The molecule has 90 valence electrons. The van der Waals surface area contributed by atoms with Gasteiger partial charge >= 0.3 is 0 Å². The molecule has 0 spiro atoms. The van der Waals surface area contributed by atoms with Crippen molar-refractivity contribution in [1.82, 2.24) is 4.90 Å². The minimum Gasteiger partial charge on any atom is -0.468 e. The molecule has 1 aromatic rings. The van der Waals surface area contributed by atoms with Gasteiger partial charge in [0.25, 0.3) is 0 Å². The number of nitrogens with two attached hydrogens (primary N) is 1. The van der Waals surface area contributed by atoms with Crippen molar-refractivity contribution in [2.75, 3.05) is 7.05 Å². The molecule has 2 unspecified atom stereocenters. The summed E-state index contributed by atoms with van der Waals surface area (Å²) in [6, 6.07) is 4.93. The SMILES string of the molecule is CC(N)C(c1ccco1)N(C)C1CCCC1. The Morgan fingerprint density at radius 1 is 1.44 bits per heavy atom. The highest BCUT2D eigenvalue weighted by atomic mass is 16.3. The van der Waals surface area contributed by atoms with Gasteiger partial charge in [0.2, 0.25) is 0 Å². The van der Waals surface area contributed by atoms with Crippen LogP contribution in [0.15, 0.2) is 22.8 Å². The lowest BCUT2D eigenvalue weighted by Gasteiger charge is -2.34. The number of hydrogen-bond donors (Lipinski definition) is 1. The van der Waals surface area contributed by atoms with Crippen molar-refractivity contribution in [2.24, 2.45) is 5.73 Å². The smallest absolute Gasteiger partial charge is 0.122 e. The lowest BCUT2D eigenvalue weighted by atomic mass is 10.0. The van der Waals surface area contributed by atoms with E-state index in [9.17, 15) is 0 Å². The van der Waals surface area contributed by atoms with Gasteiger partial charge in [0.1, 0.15) is 5.76 Å². The molecule has 0 bridgehead atoms. The van der Waals surface area contributed by atoms with Gasteiger partial charge in [0.15, 0.2) is 0 Å². The summed E-state index contributed by atoms with van der Waals surface area (Å²) < 4.78 is 5.52. The normalized spacial score (nSPS) is 21.5. The van der Waals surface area contributed by atoms with Crippen molar-refractivity contribution in [3.05, 3.63) is 24.2 Å². The maximum Gasteiger partial charge on any atom is 0.122 e. The van der Waals surface area contributed by atoms with Gasteiger partial charge in [-0.05, 0) is 38.9 Å². The Bertz CT molecular complexity index is 302. The van der Waals surface area contributed by atoms with Crippen LogP contribution in [0, 0.1) is 0 Å². The van der Waals surface area contributed by atoms with Gasteiger partial charge < -0.3 is 10.2 Å². The zero-order valence-corrected chi connectivity index (χ0v) is 10.2. The first-order chi connectivity index (χ1) is 7.70. The van der Waals surface area contributed by atoms with Gasteiger partial charge in [-0.25, -0.2) is 0 Å². The standard InChI is InChI=1S/C13H22N2O/c1-10(14)13(12-8-5-9-16-12)15(2)11-6-3-4-7-11/h5,8-11,13H,3-4,6-7,14H2,1-2H3. The Kier molecular flexibility index (Phi) is 3.66. The Hall–Kier alpha value is -0.800. The van der Waals surface area contributed by atoms with Gasteiger partial charge in [-0.3, -0.25) is 4.90 Å². The predicted octanol–water partition coefficient (Wildman–Crippen LogP) is 2.54. The zero-order chi connectivity index (χ0) is 11.5. The molecule has 1 aliphatic carbocycles. The van der Waals surface area contributed by atoms with E-state index in [0.717, 1.165) is 5.76 Å². The summed E-state index contributed by atoms with van der Waals surface area (Å²) in [4.78, 5) is 2.40. The van der Waals surface area contributed by atoms with E-state index in [-0.39, 0.29) is 12.1 Å². The molecule has 1 heterocycles. The first-order valence-corrected chi connectivity index (χ1v) is 6.21. The molecular formula is C13H22N2O. The molecule has 1 fully saturated rings. The number of hydrogen-bond acceptors (Lipinski definition) is 3. The van der Waals surface area contributed by atoms with E-state index in [2.05, 4.69) is 18.9 Å². The maximum absolute atomic E-state index is 6.09. The summed E-state index contributed by atoms with van der Waals surface area (Å²) in [5.74, 6) is 0.990. The quantitative estimate of drug-likeness (QED) is 0.851. The molecule has 1 aromatic heterocycles. The number of likely N-dealkylation sites (N-methyl/N-ethyl adjacent to an activating group) is 1. The van der Waals surface area contributed by atoms with Crippen LogP contribution in [-0.2, 0) is 0 Å². The zero-order valence-electron chi connectivity index (χ0n) is 10.2. The van der Waals surface area contributed by atoms with Crippen LogP contribution in [0.2, 0.25) is 0 Å². The monoisotopic (exact) mass is 222 g/mol. The third-order valence-corrected chi connectivity index (χ3v) is 3.67. The molecule has 2 N–H and O–H groups in total. The van der Waals surface area contributed by atoms with E-state index in [0.29, 0.717) is 6.04 Å². The van der Waals surface area contributed by atoms with Gasteiger partial charge in [-0.15, -0.1) is 0 Å². The van der Waals surface area contributed by atoms with Gasteiger partial charge in [-0.2, -0.15) is 0 Å². The molecule has 3 nitrogen and oxygen atoms in total. The Balaban J connectivity index is 2.12. The van der Waals surface area contributed by atoms with Gasteiger partial charge in [0, 0.05) is 12.1 Å². The molecule has 16 heavy (non-hydrogen) atoms. The van der Waals surface area contributed by atoms with Crippen LogP contribution < -0.4 is 5.73 Å². The summed E-state index contributed by atoms with van der Waals surface area (Å²) in [5.41, 5.74) is 6.09. The van der Waals surface area contributed by atoms with E-state index >= 15 is 0 Å². The number of rotatable bonds is 4. The van der Waals surface area contributed by atoms with Crippen LogP contribution in [0.1, 0.15) is 44.4 Å². The summed E-state index contributed by atoms with van der Waals surface area (Å²) >= 11 is 0. The lowest BCUT2D eigenvalue weighted by molar-refractivity contribution is 0.138. The molecule has 2 rings (SSSR count). The summed E-state index contributed by atoms with van der Waals surface area (Å²) in [5, 5.41) is 0. The average molecular weight is 222 g/mol. The molecular weight excluding hydrogens is 200 g/mol. The summed E-state index contributed by atoms with van der Waals surface area (Å²) in [6.07, 6.45) is 7.01. The first-order valence-electron chi connectivity index (χ1n) is 6.21. The lowest BCUT2D eigenvalue weighted by Crippen LogP contribution is -2.41. The molecule has 0 amide bonds. The minimum atomic E-state index is 0.0942. The van der Waals surface area contributed by atoms with E-state index in [1.807, 2.05) is 12.1 Å². The molecule has 2 atom stereocenters. The highest BCUT2D eigenvalue weighted by molar-refractivity contribution is 5.08. The van der Waals surface area contributed by atoms with Crippen LogP contribution >= 0.6 is 0 Å². The van der Waals surface area contributed by atoms with Crippen LogP contribution in [0.25, 0.3) is 0 Å². The fourth-order valence-corrected chi connectivity index (χ4v) is 2.83. The second-order valence-corrected chi connectivity index (χ2v) is 4.92. The molecule has 1 aliphatic rings. The van der Waals surface area contributed by atoms with Crippen molar-refractivity contribution in [2.45, 2.75) is 50.7 Å². The van der Waals surface area contributed by atoms with E-state index < -0.39 is 0 Å². The Morgan fingerprint density at radius 2 is 2.12 bits per heavy atom. The van der Waals surface area contributed by atoms with Crippen molar-refractivity contribution in [3.8, 4) is 0 Å². The average Bonchev–Trinajstić information content (AvgIpc) is 2.89. The topological polar surface area (TPSA) is 42.4 Å². The highest BCUT2D eigenvalue weighted by Gasteiger charge is 2.30. The molecule has 0 radical (unpaired) electrons. The van der Waals surface area contributed by atoms with Crippen molar-refractivity contribution >= 4 is 0 Å². The maximum atomic E-state index is 6.09. The van der Waals surface area contributed by atoms with E-state index in [4.69, 9.17) is 10.2 Å². The molecule has 1 saturated carbocycles. The third-order valence-electron chi connectivity index (χ3n) is 3.67. The van der Waals surface area contributed by atoms with Crippen LogP contribution in [-0.4, -0.2) is 24.0 Å². The molecule has 0 aliphatic heterocycles. The second-order valence-electron chi connectivity index (χ2n) is 4.92. The van der Waals surface area contributed by atoms with Crippen LogP contribution in [0.5, 0.6) is 0 Å². The van der Waals surface area contributed by atoms with E-state index in [1.165, 1.54) is 25.7 Å². The van der Waals surface area contributed by atoms with Crippen molar-refractivity contribution in [3.63, 3.8) is 0 Å². The fraction of sp³-hybridized carbons (Fsp3) is 0.692.